The average Bonchev–Trinajstić information content (AvgIpc) is 3.41. The van der Waals surface area contributed by atoms with Crippen LogP contribution in [0, 0.1) is 5.82 Å². The second-order valence-corrected chi connectivity index (χ2v) is 7.41. The number of anilines is 1. The van der Waals surface area contributed by atoms with Gasteiger partial charge in [0.05, 0.1) is 25.6 Å². The van der Waals surface area contributed by atoms with Gasteiger partial charge in [-0.25, -0.2) is 22.8 Å². The lowest BCUT2D eigenvalue weighted by Crippen LogP contribution is -2.28. The van der Waals surface area contributed by atoms with Crippen molar-refractivity contribution in [2.75, 3.05) is 19.5 Å². The molecule has 0 aliphatic heterocycles. The van der Waals surface area contributed by atoms with Crippen molar-refractivity contribution in [3.63, 3.8) is 0 Å². The van der Waals surface area contributed by atoms with E-state index in [1.165, 1.54) is 36.9 Å². The molecule has 0 aliphatic carbocycles. The molecule has 11 heteroatoms. The molecule has 3 heterocycles. The first-order valence-corrected chi connectivity index (χ1v) is 10.2. The Kier molecular flexibility index (Phi) is 5.21. The fourth-order valence-corrected chi connectivity index (χ4v) is 3.64. The van der Waals surface area contributed by atoms with Gasteiger partial charge < -0.3 is 14.8 Å². The molecule has 5 aromatic rings. The number of halogens is 1. The van der Waals surface area contributed by atoms with E-state index in [2.05, 4.69) is 15.5 Å². The Morgan fingerprint density at radius 1 is 1.03 bits per heavy atom. The molecule has 0 saturated carbocycles. The maximum Gasteiger partial charge on any atom is 0.350 e. The van der Waals surface area contributed by atoms with E-state index in [1.54, 1.807) is 47.1 Å². The Bertz CT molecular complexity index is 1590. The number of carbonyl (C=O) groups excluding carboxylic acids is 1. The van der Waals surface area contributed by atoms with Crippen molar-refractivity contribution in [2.45, 2.75) is 6.54 Å². The van der Waals surface area contributed by atoms with Crippen molar-refractivity contribution < 1.29 is 18.7 Å². The molecule has 0 radical (unpaired) electrons. The van der Waals surface area contributed by atoms with Crippen molar-refractivity contribution in [3.8, 4) is 22.8 Å². The summed E-state index contributed by atoms with van der Waals surface area (Å²) in [6.45, 7) is -0.313. The van der Waals surface area contributed by atoms with E-state index in [9.17, 15) is 14.0 Å². The number of benzene rings is 2. The number of nitrogens with zero attached hydrogens (tertiary/aromatic N) is 5. The highest BCUT2D eigenvalue weighted by molar-refractivity contribution is 5.92. The average molecular weight is 462 g/mol. The predicted molar refractivity (Wildman–Crippen MR) is 122 cm³/mol. The molecule has 1 amide bonds. The van der Waals surface area contributed by atoms with E-state index in [1.807, 2.05) is 0 Å². The fraction of sp³-hybridized carbons (Fsp3) is 0.130. The molecule has 0 unspecified atom stereocenters. The minimum Gasteiger partial charge on any atom is -0.497 e. The van der Waals surface area contributed by atoms with Crippen molar-refractivity contribution >= 4 is 22.8 Å². The lowest BCUT2D eigenvalue weighted by molar-refractivity contribution is -0.117. The number of aromatic nitrogens is 5. The zero-order chi connectivity index (χ0) is 23.8. The number of hydrogen-bond acceptors (Lipinski definition) is 6. The van der Waals surface area contributed by atoms with Gasteiger partial charge >= 0.3 is 5.69 Å². The minimum absolute atomic E-state index is 0.313. The number of carbonyl (C=O) groups is 1. The predicted octanol–water partition coefficient (Wildman–Crippen LogP) is 2.61. The highest BCUT2D eigenvalue weighted by Crippen LogP contribution is 2.29. The topological polar surface area (TPSA) is 104 Å². The molecule has 0 fully saturated rings. The Labute approximate surface area is 191 Å². The maximum atomic E-state index is 13.3. The van der Waals surface area contributed by atoms with Crippen LogP contribution in [0.1, 0.15) is 0 Å². The van der Waals surface area contributed by atoms with Gasteiger partial charge in [0.25, 0.3) is 0 Å². The summed E-state index contributed by atoms with van der Waals surface area (Å²) in [5, 5.41) is 11.5. The first kappa shape index (κ1) is 21.2. The first-order chi connectivity index (χ1) is 16.5. The molecule has 172 valence electrons. The highest BCUT2D eigenvalue weighted by atomic mass is 19.1. The summed E-state index contributed by atoms with van der Waals surface area (Å²) in [7, 11) is 3.00. The molecular formula is C23H19FN6O4. The second kappa shape index (κ2) is 8.35. The van der Waals surface area contributed by atoms with Gasteiger partial charge in [0.2, 0.25) is 5.91 Å². The SMILES string of the molecule is COc1ccc(OC)c(NC(=O)Cn2nc3c4cc(-c5ccc(F)cc5)nn4ccn3c2=O)c1. The van der Waals surface area contributed by atoms with Gasteiger partial charge in [-0.3, -0.25) is 4.79 Å². The lowest BCUT2D eigenvalue weighted by Gasteiger charge is -2.11. The van der Waals surface area contributed by atoms with Gasteiger partial charge in [-0.1, -0.05) is 0 Å². The van der Waals surface area contributed by atoms with Crippen molar-refractivity contribution in [1.82, 2.24) is 23.8 Å². The van der Waals surface area contributed by atoms with Crippen molar-refractivity contribution in [1.29, 1.82) is 0 Å². The van der Waals surface area contributed by atoms with E-state index in [0.29, 0.717) is 34.0 Å². The van der Waals surface area contributed by atoms with Crippen LogP contribution in [-0.4, -0.2) is 43.9 Å². The number of amides is 1. The van der Waals surface area contributed by atoms with E-state index in [4.69, 9.17) is 9.47 Å². The number of ether oxygens (including phenoxy) is 2. The summed E-state index contributed by atoms with van der Waals surface area (Å²) in [5.74, 6) is 0.186. The monoisotopic (exact) mass is 462 g/mol. The molecule has 10 nitrogen and oxygen atoms in total. The molecule has 2 aromatic carbocycles. The fourth-order valence-electron chi connectivity index (χ4n) is 3.64. The third-order valence-electron chi connectivity index (χ3n) is 5.31. The standard InChI is InChI=1S/C23H19FN6O4/c1-33-16-7-8-20(34-2)18(11-16)25-21(31)13-30-23(32)28-9-10-29-19(22(28)27-30)12-17(26-29)14-3-5-15(24)6-4-14/h3-12H,13H2,1-2H3,(H,25,31). The van der Waals surface area contributed by atoms with E-state index < -0.39 is 11.6 Å². The maximum absolute atomic E-state index is 13.3. The van der Waals surface area contributed by atoms with Gasteiger partial charge in [0.1, 0.15) is 29.4 Å². The third-order valence-corrected chi connectivity index (χ3v) is 5.31. The van der Waals surface area contributed by atoms with Crippen LogP contribution in [0.25, 0.3) is 22.4 Å². The summed E-state index contributed by atoms with van der Waals surface area (Å²) < 4.78 is 27.7. The summed E-state index contributed by atoms with van der Waals surface area (Å²) in [6.07, 6.45) is 3.14. The van der Waals surface area contributed by atoms with Gasteiger partial charge in [0, 0.05) is 24.0 Å². The molecule has 5 rings (SSSR count). The quantitative estimate of drug-likeness (QED) is 0.416. The lowest BCUT2D eigenvalue weighted by atomic mass is 10.1. The van der Waals surface area contributed by atoms with Gasteiger partial charge in [0.15, 0.2) is 5.65 Å². The largest absolute Gasteiger partial charge is 0.497 e. The Hall–Kier alpha value is -4.67. The Morgan fingerprint density at radius 3 is 2.56 bits per heavy atom. The Balaban J connectivity index is 1.47. The van der Waals surface area contributed by atoms with Gasteiger partial charge in [-0.2, -0.15) is 5.10 Å². The third kappa shape index (κ3) is 3.72. The minimum atomic E-state index is -0.477. The van der Waals surface area contributed by atoms with Crippen LogP contribution in [0.2, 0.25) is 0 Å². The van der Waals surface area contributed by atoms with E-state index in [0.717, 1.165) is 10.2 Å². The molecule has 0 spiro atoms. The summed E-state index contributed by atoms with van der Waals surface area (Å²) in [4.78, 5) is 25.6. The van der Waals surface area contributed by atoms with Gasteiger partial charge in [-0.15, -0.1) is 5.10 Å². The van der Waals surface area contributed by atoms with Crippen molar-refractivity contribution in [2.24, 2.45) is 0 Å². The van der Waals surface area contributed by atoms with E-state index >= 15 is 0 Å². The molecule has 34 heavy (non-hydrogen) atoms. The van der Waals surface area contributed by atoms with Crippen LogP contribution in [0.4, 0.5) is 10.1 Å². The van der Waals surface area contributed by atoms with Crippen LogP contribution < -0.4 is 20.5 Å². The zero-order valence-electron chi connectivity index (χ0n) is 18.2. The molecule has 1 N–H and O–H groups in total. The van der Waals surface area contributed by atoms with Crippen molar-refractivity contribution in [3.05, 3.63) is 77.2 Å². The van der Waals surface area contributed by atoms with Crippen LogP contribution in [-0.2, 0) is 11.3 Å². The highest BCUT2D eigenvalue weighted by Gasteiger charge is 2.16. The Morgan fingerprint density at radius 2 is 1.82 bits per heavy atom. The number of rotatable bonds is 6. The van der Waals surface area contributed by atoms with Crippen LogP contribution in [0.5, 0.6) is 11.5 Å². The molecular weight excluding hydrogens is 443 g/mol. The smallest absolute Gasteiger partial charge is 0.350 e. The summed E-state index contributed by atoms with van der Waals surface area (Å²) >= 11 is 0. The van der Waals surface area contributed by atoms with Gasteiger partial charge in [-0.05, 0) is 42.5 Å². The van der Waals surface area contributed by atoms with Crippen LogP contribution >= 0.6 is 0 Å². The zero-order valence-corrected chi connectivity index (χ0v) is 18.2. The summed E-state index contributed by atoms with van der Waals surface area (Å²) in [6, 6.07) is 12.7. The number of nitrogens with one attached hydrogen (secondary N) is 1. The van der Waals surface area contributed by atoms with E-state index in [-0.39, 0.29) is 12.4 Å². The molecule has 0 saturated heterocycles. The number of methoxy groups -OCH3 is 2. The first-order valence-electron chi connectivity index (χ1n) is 10.2. The molecule has 0 atom stereocenters. The molecule has 0 aliphatic rings. The van der Waals surface area contributed by atoms with Crippen LogP contribution in [0.15, 0.2) is 65.7 Å². The van der Waals surface area contributed by atoms with Crippen LogP contribution in [0.3, 0.4) is 0 Å². The normalized spacial score (nSPS) is 11.1. The second-order valence-electron chi connectivity index (χ2n) is 7.41. The summed E-state index contributed by atoms with van der Waals surface area (Å²) in [5.41, 5.74) is 2.14. The number of hydrogen-bond donors (Lipinski definition) is 1. The molecule has 3 aromatic heterocycles. The molecule has 0 bridgehead atoms. The number of fused-ring (bicyclic) bond motifs is 3.